The Morgan fingerprint density at radius 1 is 1.61 bits per heavy atom. The van der Waals surface area contributed by atoms with Gasteiger partial charge < -0.3 is 4.74 Å². The molecule has 0 spiro atoms. The van der Waals surface area contributed by atoms with Gasteiger partial charge in [0, 0.05) is 6.07 Å². The summed E-state index contributed by atoms with van der Waals surface area (Å²) in [4.78, 5) is 23.2. The molecule has 0 aliphatic carbocycles. The van der Waals surface area contributed by atoms with Crippen molar-refractivity contribution in [3.8, 4) is 11.8 Å². The molecular formula is C11H9N3O4. The zero-order valence-corrected chi connectivity index (χ0v) is 9.49. The van der Waals surface area contributed by atoms with E-state index in [4.69, 9.17) is 10.00 Å². The maximum atomic E-state index is 11.8. The molecule has 18 heavy (non-hydrogen) atoms. The second-order valence-corrected chi connectivity index (χ2v) is 3.75. The van der Waals surface area contributed by atoms with Gasteiger partial charge in [-0.15, -0.1) is 0 Å². The number of nitro benzene ring substituents is 1. The summed E-state index contributed by atoms with van der Waals surface area (Å²) < 4.78 is 5.31. The average Bonchev–Trinajstić information content (AvgIpc) is 2.34. The molecule has 0 bridgehead atoms. The van der Waals surface area contributed by atoms with E-state index in [2.05, 4.69) is 0 Å². The molecular weight excluding hydrogens is 238 g/mol. The number of nitriles is 1. The van der Waals surface area contributed by atoms with E-state index in [0.29, 0.717) is 5.69 Å². The Balaban J connectivity index is 2.49. The number of carbonyl (C=O) groups is 1. The average molecular weight is 247 g/mol. The van der Waals surface area contributed by atoms with E-state index in [1.807, 2.05) is 6.07 Å². The van der Waals surface area contributed by atoms with Crippen molar-refractivity contribution in [1.82, 2.24) is 0 Å². The van der Waals surface area contributed by atoms with Crippen molar-refractivity contribution < 1.29 is 14.5 Å². The van der Waals surface area contributed by atoms with E-state index in [9.17, 15) is 14.9 Å². The maximum absolute atomic E-state index is 11.8. The van der Waals surface area contributed by atoms with Crippen molar-refractivity contribution in [2.75, 3.05) is 11.4 Å². The zero-order valence-electron chi connectivity index (χ0n) is 9.49. The highest BCUT2D eigenvalue weighted by Crippen LogP contribution is 2.36. The first-order chi connectivity index (χ1) is 8.54. The number of fused-ring (bicyclic) bond motifs is 1. The van der Waals surface area contributed by atoms with Crippen LogP contribution in [0.1, 0.15) is 6.92 Å². The van der Waals surface area contributed by atoms with E-state index in [-0.39, 0.29) is 23.9 Å². The number of nitro groups is 1. The van der Waals surface area contributed by atoms with E-state index >= 15 is 0 Å². The summed E-state index contributed by atoms with van der Waals surface area (Å²) in [6.45, 7) is 1.42. The molecule has 92 valence electrons. The summed E-state index contributed by atoms with van der Waals surface area (Å²) >= 11 is 0. The normalized spacial score (nSPS) is 17.7. The molecule has 0 radical (unpaired) electrons. The molecule has 1 aliphatic rings. The Hall–Kier alpha value is -2.62. The van der Waals surface area contributed by atoms with Crippen LogP contribution in [0.3, 0.4) is 0 Å². The fourth-order valence-corrected chi connectivity index (χ4v) is 1.75. The lowest BCUT2D eigenvalue weighted by atomic mass is 10.1. The van der Waals surface area contributed by atoms with Crippen molar-refractivity contribution in [3.05, 3.63) is 28.3 Å². The summed E-state index contributed by atoms with van der Waals surface area (Å²) in [7, 11) is 0. The molecule has 2 rings (SSSR count). The molecule has 0 fully saturated rings. The van der Waals surface area contributed by atoms with Crippen LogP contribution in [0, 0.1) is 21.4 Å². The molecule has 7 heteroatoms. The van der Waals surface area contributed by atoms with Crippen LogP contribution in [-0.4, -0.2) is 23.5 Å². The summed E-state index contributed by atoms with van der Waals surface area (Å²) in [5, 5.41) is 19.4. The lowest BCUT2D eigenvalue weighted by molar-refractivity contribution is -0.384. The Bertz CT molecular complexity index is 564. The fourth-order valence-electron chi connectivity index (χ4n) is 1.75. The first kappa shape index (κ1) is 11.9. The molecule has 0 aromatic heterocycles. The highest BCUT2D eigenvalue weighted by Gasteiger charge is 2.32. The number of nitrogens with zero attached hydrogens (tertiary/aromatic N) is 3. The van der Waals surface area contributed by atoms with Gasteiger partial charge in [0.15, 0.2) is 11.9 Å². The van der Waals surface area contributed by atoms with Crippen LogP contribution in [0.25, 0.3) is 0 Å². The first-order valence-corrected chi connectivity index (χ1v) is 5.18. The highest BCUT2D eigenvalue weighted by molar-refractivity contribution is 6.00. The van der Waals surface area contributed by atoms with Crippen LogP contribution in [0.4, 0.5) is 11.4 Å². The third kappa shape index (κ3) is 1.84. The number of non-ortho nitro benzene ring substituents is 1. The van der Waals surface area contributed by atoms with Crippen molar-refractivity contribution >= 4 is 17.3 Å². The minimum atomic E-state index is -0.757. The van der Waals surface area contributed by atoms with Gasteiger partial charge in [0.25, 0.3) is 11.6 Å². The predicted molar refractivity (Wildman–Crippen MR) is 61.2 cm³/mol. The van der Waals surface area contributed by atoms with Crippen LogP contribution in [-0.2, 0) is 4.79 Å². The summed E-state index contributed by atoms with van der Waals surface area (Å²) in [5.74, 6) is -0.0931. The molecule has 1 atom stereocenters. The Labute approximate surface area is 102 Å². The molecule has 0 saturated heterocycles. The number of amides is 1. The van der Waals surface area contributed by atoms with E-state index < -0.39 is 11.0 Å². The number of hydrogen-bond donors (Lipinski definition) is 0. The lowest BCUT2D eigenvalue weighted by Gasteiger charge is -2.31. The standard InChI is InChI=1S/C11H9N3O4/c1-7-11(15)13(5-4-12)9-3-2-8(14(16)17)6-10(9)18-7/h2-3,6-7H,5H2,1H3. The number of rotatable bonds is 2. The van der Waals surface area contributed by atoms with Gasteiger partial charge in [-0.3, -0.25) is 19.8 Å². The van der Waals surface area contributed by atoms with Gasteiger partial charge in [-0.25, -0.2) is 0 Å². The highest BCUT2D eigenvalue weighted by atomic mass is 16.6. The third-order valence-electron chi connectivity index (χ3n) is 2.59. The number of benzene rings is 1. The van der Waals surface area contributed by atoms with Crippen LogP contribution in [0.5, 0.6) is 5.75 Å². The quantitative estimate of drug-likeness (QED) is 0.445. The molecule has 1 aliphatic heterocycles. The van der Waals surface area contributed by atoms with Gasteiger partial charge in [-0.05, 0) is 13.0 Å². The SMILES string of the molecule is CC1Oc2cc([N+](=O)[O-])ccc2N(CC#N)C1=O. The number of anilines is 1. The Kier molecular flexibility index (Phi) is 2.85. The van der Waals surface area contributed by atoms with Crippen molar-refractivity contribution in [1.29, 1.82) is 5.26 Å². The van der Waals surface area contributed by atoms with Gasteiger partial charge in [-0.1, -0.05) is 0 Å². The minimum Gasteiger partial charge on any atom is -0.478 e. The molecule has 1 heterocycles. The van der Waals surface area contributed by atoms with Crippen LogP contribution >= 0.6 is 0 Å². The molecule has 0 N–H and O–H groups in total. The van der Waals surface area contributed by atoms with Crippen LogP contribution in [0.15, 0.2) is 18.2 Å². The molecule has 1 aromatic rings. The van der Waals surface area contributed by atoms with Crippen molar-refractivity contribution in [3.63, 3.8) is 0 Å². The van der Waals surface area contributed by atoms with E-state index in [0.717, 1.165) is 0 Å². The third-order valence-corrected chi connectivity index (χ3v) is 2.59. The lowest BCUT2D eigenvalue weighted by Crippen LogP contribution is -2.44. The summed E-state index contributed by atoms with van der Waals surface area (Å²) in [5.41, 5.74) is 0.262. The van der Waals surface area contributed by atoms with Gasteiger partial charge >= 0.3 is 0 Å². The van der Waals surface area contributed by atoms with Gasteiger partial charge in [0.2, 0.25) is 0 Å². The number of carbonyl (C=O) groups excluding carboxylic acids is 1. The first-order valence-electron chi connectivity index (χ1n) is 5.18. The Morgan fingerprint density at radius 3 is 2.94 bits per heavy atom. The maximum Gasteiger partial charge on any atom is 0.273 e. The van der Waals surface area contributed by atoms with E-state index in [1.54, 1.807) is 0 Å². The largest absolute Gasteiger partial charge is 0.478 e. The van der Waals surface area contributed by atoms with Gasteiger partial charge in [-0.2, -0.15) is 5.26 Å². The van der Waals surface area contributed by atoms with Crippen LogP contribution < -0.4 is 9.64 Å². The number of hydrogen-bond acceptors (Lipinski definition) is 5. The summed E-state index contributed by atoms with van der Waals surface area (Å²) in [6, 6.07) is 5.82. The molecule has 1 amide bonds. The summed E-state index contributed by atoms with van der Waals surface area (Å²) in [6.07, 6.45) is -0.757. The fraction of sp³-hybridized carbons (Fsp3) is 0.273. The monoisotopic (exact) mass is 247 g/mol. The van der Waals surface area contributed by atoms with Crippen LogP contribution in [0.2, 0.25) is 0 Å². The second-order valence-electron chi connectivity index (χ2n) is 3.75. The smallest absolute Gasteiger partial charge is 0.273 e. The minimum absolute atomic E-state index is 0.114. The zero-order chi connectivity index (χ0) is 13.3. The van der Waals surface area contributed by atoms with Crippen molar-refractivity contribution in [2.45, 2.75) is 13.0 Å². The number of ether oxygens (including phenoxy) is 1. The molecule has 7 nitrogen and oxygen atoms in total. The second kappa shape index (κ2) is 4.33. The van der Waals surface area contributed by atoms with E-state index in [1.165, 1.54) is 30.0 Å². The molecule has 1 unspecified atom stereocenters. The predicted octanol–water partition coefficient (Wildman–Crippen LogP) is 1.23. The Morgan fingerprint density at radius 2 is 2.33 bits per heavy atom. The van der Waals surface area contributed by atoms with Gasteiger partial charge in [0.05, 0.1) is 22.7 Å². The molecule has 1 aromatic carbocycles. The van der Waals surface area contributed by atoms with Gasteiger partial charge in [0.1, 0.15) is 6.54 Å². The molecule has 0 saturated carbocycles. The topological polar surface area (TPSA) is 96.5 Å². The van der Waals surface area contributed by atoms with Crippen molar-refractivity contribution in [2.24, 2.45) is 0 Å².